The normalized spacial score (nSPS) is 12.6. The van der Waals surface area contributed by atoms with Crippen molar-refractivity contribution in [1.29, 1.82) is 0 Å². The molecule has 0 bridgehead atoms. The van der Waals surface area contributed by atoms with Crippen molar-refractivity contribution in [3.05, 3.63) is 85.1 Å². The van der Waals surface area contributed by atoms with E-state index in [1.54, 1.807) is 0 Å². The highest BCUT2D eigenvalue weighted by molar-refractivity contribution is 5.71. The molecule has 0 saturated carbocycles. The Morgan fingerprint density at radius 3 is 0.728 bits per heavy atom. The van der Waals surface area contributed by atoms with Gasteiger partial charge in [-0.2, -0.15) is 0 Å². The standard InChI is InChI=1S/C75H132O6/c1-4-7-10-13-16-19-22-25-28-30-32-33-34-35-36-37-38-39-40-41-43-44-47-50-53-56-59-62-65-68-74(77)80-71-72(70-79-73(76)67-64-61-58-55-52-49-46-27-24-21-18-15-12-9-6-3)81-75(78)69-66-63-60-57-54-51-48-45-42-31-29-26-23-20-17-14-11-8-5-2/h17,20,22,25-27,29-30,32,34-35,42,45-46,72H,4-16,18-19,21,23-24,28,31,33,36-41,43-44,47-71H2,1-3H3/b20-17-,25-22-,29-26-,32-30-,35-34-,45-42-,46-27-. The molecule has 0 aliphatic heterocycles. The predicted octanol–water partition coefficient (Wildman–Crippen LogP) is 24.2. The fourth-order valence-corrected chi connectivity index (χ4v) is 10.0. The summed E-state index contributed by atoms with van der Waals surface area (Å²) in [6.07, 6.45) is 91.7. The fourth-order valence-electron chi connectivity index (χ4n) is 10.0. The molecule has 0 fully saturated rings. The van der Waals surface area contributed by atoms with Crippen LogP contribution in [0.25, 0.3) is 0 Å². The first kappa shape index (κ1) is 77.6. The van der Waals surface area contributed by atoms with Crippen LogP contribution in [0.15, 0.2) is 85.1 Å². The first-order valence-corrected chi connectivity index (χ1v) is 35.1. The summed E-state index contributed by atoms with van der Waals surface area (Å²) in [5.41, 5.74) is 0. The minimum absolute atomic E-state index is 0.0829. The molecule has 0 aliphatic rings. The van der Waals surface area contributed by atoms with Crippen molar-refractivity contribution in [3.8, 4) is 0 Å². The van der Waals surface area contributed by atoms with Gasteiger partial charge in [0, 0.05) is 19.3 Å². The lowest BCUT2D eigenvalue weighted by Crippen LogP contribution is -2.30. The summed E-state index contributed by atoms with van der Waals surface area (Å²) in [5.74, 6) is -0.889. The molecule has 0 saturated heterocycles. The topological polar surface area (TPSA) is 78.9 Å². The third kappa shape index (κ3) is 67.3. The highest BCUT2D eigenvalue weighted by Crippen LogP contribution is 2.17. The van der Waals surface area contributed by atoms with Gasteiger partial charge in [0.05, 0.1) is 0 Å². The number of hydrogen-bond acceptors (Lipinski definition) is 6. The summed E-state index contributed by atoms with van der Waals surface area (Å²) in [5, 5.41) is 0. The minimum Gasteiger partial charge on any atom is -0.462 e. The van der Waals surface area contributed by atoms with Crippen LogP contribution in [0.4, 0.5) is 0 Å². The lowest BCUT2D eigenvalue weighted by Gasteiger charge is -2.18. The molecule has 0 aromatic carbocycles. The van der Waals surface area contributed by atoms with Gasteiger partial charge in [-0.05, 0) is 122 Å². The summed E-state index contributed by atoms with van der Waals surface area (Å²) >= 11 is 0. The number of hydrogen-bond donors (Lipinski definition) is 0. The van der Waals surface area contributed by atoms with E-state index in [1.807, 2.05) is 0 Å². The monoisotopic (exact) mass is 1130 g/mol. The number of rotatable bonds is 64. The minimum atomic E-state index is -0.789. The van der Waals surface area contributed by atoms with Crippen LogP contribution in [0.5, 0.6) is 0 Å². The molecule has 81 heavy (non-hydrogen) atoms. The zero-order valence-electron chi connectivity index (χ0n) is 53.8. The molecule has 0 aromatic rings. The van der Waals surface area contributed by atoms with E-state index in [4.69, 9.17) is 14.2 Å². The van der Waals surface area contributed by atoms with E-state index in [0.29, 0.717) is 19.3 Å². The predicted molar refractivity (Wildman–Crippen MR) is 353 cm³/mol. The van der Waals surface area contributed by atoms with Crippen molar-refractivity contribution in [2.24, 2.45) is 0 Å². The Kier molecular flexibility index (Phi) is 66.2. The van der Waals surface area contributed by atoms with Crippen LogP contribution < -0.4 is 0 Å². The highest BCUT2D eigenvalue weighted by atomic mass is 16.6. The van der Waals surface area contributed by atoms with Gasteiger partial charge in [0.1, 0.15) is 13.2 Å². The van der Waals surface area contributed by atoms with Crippen molar-refractivity contribution < 1.29 is 28.6 Å². The second kappa shape index (κ2) is 69.1. The van der Waals surface area contributed by atoms with E-state index in [0.717, 1.165) is 103 Å². The van der Waals surface area contributed by atoms with Crippen LogP contribution in [0, 0.1) is 0 Å². The summed E-state index contributed by atoms with van der Waals surface area (Å²) in [6, 6.07) is 0. The maximum Gasteiger partial charge on any atom is 0.306 e. The van der Waals surface area contributed by atoms with E-state index in [9.17, 15) is 14.4 Å². The van der Waals surface area contributed by atoms with Gasteiger partial charge in [-0.25, -0.2) is 0 Å². The SMILES string of the molecule is CCCCC/C=C\C/C=C\C/C=C\CCCCCCCCC(=O)OC(COC(=O)CCCCCCC/C=C\CCCCCCCC)COC(=O)CCCCCCCCCCCCCCCC/C=C\C/C=C\C/C=C\CCCCCCC. The first-order valence-electron chi connectivity index (χ1n) is 35.1. The molecular weight excluding hydrogens is 997 g/mol. The maximum absolute atomic E-state index is 12.9. The molecule has 6 heteroatoms. The molecule has 0 N–H and O–H groups in total. The zero-order chi connectivity index (χ0) is 58.5. The van der Waals surface area contributed by atoms with Crippen LogP contribution >= 0.6 is 0 Å². The molecule has 0 radical (unpaired) electrons. The molecule has 1 unspecified atom stereocenters. The fraction of sp³-hybridized carbons (Fsp3) is 0.773. The van der Waals surface area contributed by atoms with Gasteiger partial charge in [0.25, 0.3) is 0 Å². The second-order valence-corrected chi connectivity index (χ2v) is 23.4. The Labute approximate surface area is 503 Å². The first-order chi connectivity index (χ1) is 40.0. The molecular formula is C75H132O6. The van der Waals surface area contributed by atoms with Gasteiger partial charge in [0.2, 0.25) is 0 Å². The van der Waals surface area contributed by atoms with Crippen LogP contribution in [-0.2, 0) is 28.6 Å². The molecule has 0 amide bonds. The number of ether oxygens (including phenoxy) is 3. The Hall–Kier alpha value is -3.41. The van der Waals surface area contributed by atoms with E-state index in [2.05, 4.69) is 106 Å². The van der Waals surface area contributed by atoms with Crippen molar-refractivity contribution in [1.82, 2.24) is 0 Å². The molecule has 6 nitrogen and oxygen atoms in total. The maximum atomic E-state index is 12.9. The Balaban J connectivity index is 4.30. The third-order valence-corrected chi connectivity index (χ3v) is 15.3. The largest absolute Gasteiger partial charge is 0.462 e. The highest BCUT2D eigenvalue weighted by Gasteiger charge is 2.19. The average molecular weight is 1130 g/mol. The molecule has 0 aliphatic carbocycles. The van der Waals surface area contributed by atoms with Gasteiger partial charge in [-0.3, -0.25) is 14.4 Å². The lowest BCUT2D eigenvalue weighted by molar-refractivity contribution is -0.167. The number of carbonyl (C=O) groups is 3. The van der Waals surface area contributed by atoms with Crippen LogP contribution in [-0.4, -0.2) is 37.2 Å². The molecule has 0 rings (SSSR count). The summed E-state index contributed by atoms with van der Waals surface area (Å²) in [6.45, 7) is 6.62. The second-order valence-electron chi connectivity index (χ2n) is 23.4. The number of carbonyl (C=O) groups excluding carboxylic acids is 3. The van der Waals surface area contributed by atoms with Crippen LogP contribution in [0.3, 0.4) is 0 Å². The molecule has 468 valence electrons. The van der Waals surface area contributed by atoms with Crippen molar-refractivity contribution in [3.63, 3.8) is 0 Å². The summed E-state index contributed by atoms with van der Waals surface area (Å²) in [7, 11) is 0. The lowest BCUT2D eigenvalue weighted by atomic mass is 10.0. The van der Waals surface area contributed by atoms with Gasteiger partial charge in [-0.15, -0.1) is 0 Å². The average Bonchev–Trinajstić information content (AvgIpc) is 3.47. The number of esters is 3. The quantitative estimate of drug-likeness (QED) is 0.0261. The van der Waals surface area contributed by atoms with Crippen molar-refractivity contribution in [2.75, 3.05) is 13.2 Å². The van der Waals surface area contributed by atoms with E-state index < -0.39 is 6.10 Å². The Morgan fingerprint density at radius 2 is 0.444 bits per heavy atom. The Bertz CT molecular complexity index is 1530. The van der Waals surface area contributed by atoms with Gasteiger partial charge < -0.3 is 14.2 Å². The Morgan fingerprint density at radius 1 is 0.247 bits per heavy atom. The van der Waals surface area contributed by atoms with E-state index >= 15 is 0 Å². The van der Waals surface area contributed by atoms with Crippen LogP contribution in [0.2, 0.25) is 0 Å². The summed E-state index contributed by atoms with van der Waals surface area (Å²) < 4.78 is 17.0. The molecule has 0 spiro atoms. The smallest absolute Gasteiger partial charge is 0.306 e. The van der Waals surface area contributed by atoms with Gasteiger partial charge in [0.15, 0.2) is 6.10 Å². The van der Waals surface area contributed by atoms with Crippen LogP contribution in [0.1, 0.15) is 355 Å². The molecule has 1 atom stereocenters. The van der Waals surface area contributed by atoms with E-state index in [1.165, 1.54) is 212 Å². The van der Waals surface area contributed by atoms with Gasteiger partial charge >= 0.3 is 17.9 Å². The molecule has 0 aromatic heterocycles. The van der Waals surface area contributed by atoms with Crippen molar-refractivity contribution >= 4 is 17.9 Å². The van der Waals surface area contributed by atoms with Gasteiger partial charge in [-0.1, -0.05) is 298 Å². The zero-order valence-corrected chi connectivity index (χ0v) is 53.8. The third-order valence-electron chi connectivity index (χ3n) is 15.3. The molecule has 0 heterocycles. The van der Waals surface area contributed by atoms with Crippen molar-refractivity contribution in [2.45, 2.75) is 361 Å². The summed E-state index contributed by atoms with van der Waals surface area (Å²) in [4.78, 5) is 38.4. The number of unbranched alkanes of at least 4 members (excludes halogenated alkanes) is 39. The van der Waals surface area contributed by atoms with E-state index in [-0.39, 0.29) is 31.1 Å². The number of allylic oxidation sites excluding steroid dienone is 14.